The number of benzene rings is 2. The first-order chi connectivity index (χ1) is 15.8. The molecular weight excluding hydrogens is 446 g/mol. The molecule has 0 radical (unpaired) electrons. The van der Waals surface area contributed by atoms with Crippen LogP contribution in [0, 0.1) is 0 Å². The van der Waals surface area contributed by atoms with Crippen LogP contribution in [0.5, 0.6) is 0 Å². The monoisotopic (exact) mass is 483 g/mol. The Labute approximate surface area is 207 Å². The van der Waals surface area contributed by atoms with E-state index in [1.54, 1.807) is 0 Å². The number of primary amides is 1. The van der Waals surface area contributed by atoms with Gasteiger partial charge in [-0.1, -0.05) is 58.0 Å². The van der Waals surface area contributed by atoms with E-state index >= 15 is 0 Å². The minimum Gasteiger partial charge on any atom is -0.372 e. The summed E-state index contributed by atoms with van der Waals surface area (Å²) in [6.45, 7) is 11.6. The van der Waals surface area contributed by atoms with Crippen molar-refractivity contribution in [3.8, 4) is 0 Å². The number of thioether (sulfide) groups is 2. The molecule has 4 nitrogen and oxygen atoms in total. The van der Waals surface area contributed by atoms with Crippen molar-refractivity contribution in [1.82, 2.24) is 0 Å². The average molecular weight is 484 g/mol. The van der Waals surface area contributed by atoms with Crippen molar-refractivity contribution < 1.29 is 4.79 Å². The van der Waals surface area contributed by atoms with Gasteiger partial charge in [-0.3, -0.25) is 4.90 Å². The highest BCUT2D eigenvalue weighted by molar-refractivity contribution is 8.20. The third kappa shape index (κ3) is 5.02. The maximum Gasteiger partial charge on any atom is 0.319 e. The summed E-state index contributed by atoms with van der Waals surface area (Å²) in [6, 6.07) is 15.1. The second-order valence-electron chi connectivity index (χ2n) is 9.71. The van der Waals surface area contributed by atoms with Gasteiger partial charge in [-0.05, 0) is 53.5 Å². The molecule has 0 saturated carbocycles. The molecule has 33 heavy (non-hydrogen) atoms. The van der Waals surface area contributed by atoms with E-state index in [9.17, 15) is 4.79 Å². The van der Waals surface area contributed by atoms with Crippen LogP contribution in [-0.4, -0.2) is 37.2 Å². The number of carbonyl (C=O) groups excluding carboxylic acids is 1. The van der Waals surface area contributed by atoms with Crippen LogP contribution in [0.1, 0.15) is 69.1 Å². The third-order valence-corrected chi connectivity index (χ3v) is 10.2. The van der Waals surface area contributed by atoms with Crippen molar-refractivity contribution in [3.05, 3.63) is 59.2 Å². The van der Waals surface area contributed by atoms with Crippen LogP contribution >= 0.6 is 23.5 Å². The molecule has 2 aliphatic heterocycles. The Hall–Kier alpha value is -1.79. The van der Waals surface area contributed by atoms with Gasteiger partial charge in [0.2, 0.25) is 0 Å². The van der Waals surface area contributed by atoms with Gasteiger partial charge in [0.15, 0.2) is 0 Å². The fourth-order valence-electron chi connectivity index (χ4n) is 5.00. The Morgan fingerprint density at radius 1 is 0.970 bits per heavy atom. The molecule has 0 bridgehead atoms. The van der Waals surface area contributed by atoms with Crippen molar-refractivity contribution in [2.45, 2.75) is 56.5 Å². The summed E-state index contributed by atoms with van der Waals surface area (Å²) in [4.78, 5) is 17.3. The molecule has 178 valence electrons. The van der Waals surface area contributed by atoms with Crippen LogP contribution in [0.4, 0.5) is 16.2 Å². The van der Waals surface area contributed by atoms with Crippen LogP contribution in [0.2, 0.25) is 0 Å². The molecule has 0 spiro atoms. The molecule has 6 heteroatoms. The van der Waals surface area contributed by atoms with Gasteiger partial charge < -0.3 is 10.6 Å². The summed E-state index contributed by atoms with van der Waals surface area (Å²) in [5.74, 6) is 2.77. The smallest absolute Gasteiger partial charge is 0.319 e. The SMILES string of the molecule is CC(C)c1cccc(C(C)C)c1N(CC1(c2ccc(N3CCCC3)cc2)SCCS1)C(N)=O. The van der Waals surface area contributed by atoms with Gasteiger partial charge in [-0.25, -0.2) is 4.79 Å². The van der Waals surface area contributed by atoms with Crippen LogP contribution < -0.4 is 15.5 Å². The topological polar surface area (TPSA) is 49.6 Å². The summed E-state index contributed by atoms with van der Waals surface area (Å²) in [5.41, 5.74) is 12.1. The van der Waals surface area contributed by atoms with E-state index in [2.05, 4.69) is 75.1 Å². The van der Waals surface area contributed by atoms with Crippen LogP contribution in [0.15, 0.2) is 42.5 Å². The van der Waals surface area contributed by atoms with Crippen LogP contribution in [0.25, 0.3) is 0 Å². The zero-order chi connectivity index (χ0) is 23.6. The predicted octanol–water partition coefficient (Wildman–Crippen LogP) is 6.75. The molecule has 2 aromatic carbocycles. The maximum atomic E-state index is 13.0. The lowest BCUT2D eigenvalue weighted by atomic mass is 9.91. The summed E-state index contributed by atoms with van der Waals surface area (Å²) in [6.07, 6.45) is 2.55. The van der Waals surface area contributed by atoms with E-state index < -0.39 is 0 Å². The zero-order valence-electron chi connectivity index (χ0n) is 20.3. The molecular formula is C27H37N3OS2. The lowest BCUT2D eigenvalue weighted by molar-refractivity contribution is 0.253. The fourth-order valence-corrected chi connectivity index (χ4v) is 8.21. The summed E-state index contributed by atoms with van der Waals surface area (Å²) in [7, 11) is 0. The summed E-state index contributed by atoms with van der Waals surface area (Å²) >= 11 is 3.90. The molecule has 2 fully saturated rings. The van der Waals surface area contributed by atoms with Gasteiger partial charge in [-0.2, -0.15) is 0 Å². The second-order valence-corrected chi connectivity index (χ2v) is 12.8. The largest absolute Gasteiger partial charge is 0.372 e. The zero-order valence-corrected chi connectivity index (χ0v) is 22.0. The van der Waals surface area contributed by atoms with Gasteiger partial charge in [0.25, 0.3) is 0 Å². The number of para-hydroxylation sites is 1. The lowest BCUT2D eigenvalue weighted by Gasteiger charge is -2.36. The first kappa shape index (κ1) is 24.3. The van der Waals surface area contributed by atoms with Gasteiger partial charge in [0.05, 0.1) is 12.2 Å². The van der Waals surface area contributed by atoms with Crippen molar-refractivity contribution >= 4 is 40.9 Å². The average Bonchev–Trinajstić information content (AvgIpc) is 3.50. The standard InChI is InChI=1S/C27H37N3OS2/c1-19(2)23-8-7-9-24(20(3)4)25(23)30(26(28)31)18-27(32-16-17-33-27)21-10-12-22(13-11-21)29-14-5-6-15-29/h7-13,19-20H,5-6,14-18H2,1-4H3,(H2,28,31). The Balaban J connectivity index is 1.73. The van der Waals surface area contributed by atoms with E-state index in [-0.39, 0.29) is 10.1 Å². The molecule has 2 aromatic rings. The highest BCUT2D eigenvalue weighted by Crippen LogP contribution is 2.53. The highest BCUT2D eigenvalue weighted by Gasteiger charge is 2.41. The number of nitrogens with zero attached hydrogens (tertiary/aromatic N) is 2. The first-order valence-corrected chi connectivity index (χ1v) is 14.1. The molecule has 0 aliphatic carbocycles. The second kappa shape index (κ2) is 10.2. The van der Waals surface area contributed by atoms with Gasteiger partial charge in [0, 0.05) is 30.3 Å². The van der Waals surface area contributed by atoms with E-state index in [4.69, 9.17) is 5.73 Å². The molecule has 2 heterocycles. The molecule has 0 aromatic heterocycles. The molecule has 4 rings (SSSR count). The normalized spacial score (nSPS) is 17.8. The minimum atomic E-state index is -0.369. The van der Waals surface area contributed by atoms with E-state index in [1.807, 2.05) is 28.4 Å². The van der Waals surface area contributed by atoms with Crippen LogP contribution in [-0.2, 0) is 4.08 Å². The predicted molar refractivity (Wildman–Crippen MR) is 146 cm³/mol. The van der Waals surface area contributed by atoms with Crippen LogP contribution in [0.3, 0.4) is 0 Å². The highest BCUT2D eigenvalue weighted by atomic mass is 32.2. The fraction of sp³-hybridized carbons (Fsp3) is 0.519. The lowest BCUT2D eigenvalue weighted by Crippen LogP contribution is -2.44. The maximum absolute atomic E-state index is 13.0. The van der Waals surface area contributed by atoms with Crippen molar-refractivity contribution in [3.63, 3.8) is 0 Å². The van der Waals surface area contributed by atoms with E-state index in [0.717, 1.165) is 30.3 Å². The van der Waals surface area contributed by atoms with Crippen molar-refractivity contribution in [2.75, 3.05) is 40.9 Å². The number of amides is 2. The Bertz CT molecular complexity index is 936. The van der Waals surface area contributed by atoms with E-state index in [1.165, 1.54) is 35.2 Å². The first-order valence-electron chi connectivity index (χ1n) is 12.2. The number of hydrogen-bond donors (Lipinski definition) is 1. The van der Waals surface area contributed by atoms with Gasteiger partial charge in [0.1, 0.15) is 4.08 Å². The number of nitrogens with two attached hydrogens (primary N) is 1. The number of anilines is 2. The third-order valence-electron chi connectivity index (χ3n) is 6.78. The number of rotatable bonds is 7. The van der Waals surface area contributed by atoms with Crippen molar-refractivity contribution in [1.29, 1.82) is 0 Å². The van der Waals surface area contributed by atoms with Gasteiger partial charge >= 0.3 is 6.03 Å². The van der Waals surface area contributed by atoms with Gasteiger partial charge in [-0.15, -0.1) is 23.5 Å². The molecule has 2 aliphatic rings. The molecule has 2 amide bonds. The minimum absolute atomic E-state index is 0.211. The Morgan fingerprint density at radius 3 is 2.00 bits per heavy atom. The molecule has 0 atom stereocenters. The number of urea groups is 1. The number of carbonyl (C=O) groups is 1. The Kier molecular flexibility index (Phi) is 7.54. The number of hydrogen-bond acceptors (Lipinski definition) is 4. The Morgan fingerprint density at radius 2 is 1.52 bits per heavy atom. The molecule has 2 N–H and O–H groups in total. The van der Waals surface area contributed by atoms with Crippen molar-refractivity contribution in [2.24, 2.45) is 5.73 Å². The quantitative estimate of drug-likeness (QED) is 0.473. The summed E-state index contributed by atoms with van der Waals surface area (Å²) < 4.78 is -0.211. The molecule has 0 unspecified atom stereocenters. The summed E-state index contributed by atoms with van der Waals surface area (Å²) in [5, 5.41) is 0. The van der Waals surface area contributed by atoms with E-state index in [0.29, 0.717) is 18.4 Å². The molecule has 2 saturated heterocycles.